The highest BCUT2D eigenvalue weighted by Crippen LogP contribution is 2.39. The minimum Gasteiger partial charge on any atom is -0.508 e. The number of hydrogen-bond donors (Lipinski definition) is 1. The van der Waals surface area contributed by atoms with Crippen molar-refractivity contribution >= 4 is 159 Å². The first kappa shape index (κ1) is 88.1. The van der Waals surface area contributed by atoms with Gasteiger partial charge in [-0.3, -0.25) is 13.0 Å². The Balaban J connectivity index is 0.000000157. The van der Waals surface area contributed by atoms with Gasteiger partial charge < -0.3 is 46.9 Å². The molecule has 29 heteroatoms. The van der Waals surface area contributed by atoms with Crippen LogP contribution in [0.25, 0.3) is 65.8 Å². The Hall–Kier alpha value is -9.91. The average Bonchev–Trinajstić information content (AvgIpc) is 1.60. The Morgan fingerprint density at radius 1 is 0.518 bits per heavy atom. The van der Waals surface area contributed by atoms with Gasteiger partial charge in [0, 0.05) is 131 Å². The molecule has 114 heavy (non-hydrogen) atoms. The van der Waals surface area contributed by atoms with E-state index < -0.39 is 20.0 Å². The SMILES string of the molecule is BrB(Br)Br.C=COc1ccc2c(C#N)cn(CC)c2c1.CCCF.CCn1c(-c2ccc(N3CCCS3(=O)=O)cc2)c(C#N)c2ccc(OC3CC3)cc21.CCn1cc(C#N)c2ccc(O)cc21.CCn1cc(C#N)c2ccc(OC)cc21.CCn1cc(C#N)c2ccc(OC3CC3)cc21.O=S1(=O)CCCN1c1ccc(I)cc1. The number of aryl methyl sites for hydroxylation is 5. The van der Waals surface area contributed by atoms with E-state index in [4.69, 9.17) is 40.0 Å². The summed E-state index contributed by atoms with van der Waals surface area (Å²) >= 11 is 11.5. The molecule has 0 atom stereocenters. The van der Waals surface area contributed by atoms with Crippen molar-refractivity contribution in [2.45, 2.75) is 131 Å². The topological polar surface area (TPSA) is 276 Å². The maximum Gasteiger partial charge on any atom is 0.369 e. The van der Waals surface area contributed by atoms with Crippen molar-refractivity contribution in [2.75, 3.05) is 47.0 Å². The largest absolute Gasteiger partial charge is 0.508 e. The Kier molecular flexibility index (Phi) is 32.0. The first-order chi connectivity index (χ1) is 54.9. The van der Waals surface area contributed by atoms with Crippen molar-refractivity contribution in [3.05, 3.63) is 209 Å². The van der Waals surface area contributed by atoms with Gasteiger partial charge in [-0.15, -0.1) is 47.3 Å². The minimum absolute atomic E-state index is 0.181. The van der Waals surface area contributed by atoms with Gasteiger partial charge in [0.05, 0.1) is 116 Å². The highest BCUT2D eigenvalue weighted by molar-refractivity contribution is 14.1. The van der Waals surface area contributed by atoms with Crippen molar-refractivity contribution in [3.63, 3.8) is 0 Å². The van der Waals surface area contributed by atoms with Gasteiger partial charge >= 0.3 is 3.18 Å². The van der Waals surface area contributed by atoms with Crippen LogP contribution in [0.5, 0.6) is 28.7 Å². The fourth-order valence-corrected chi connectivity index (χ4v) is 16.5. The lowest BCUT2D eigenvalue weighted by atomic mass is 10.1. The van der Waals surface area contributed by atoms with Gasteiger partial charge in [-0.05, 0) is 205 Å². The number of halogens is 5. The fraction of sp³-hybridized carbons (Fsp3) is 0.306. The summed E-state index contributed by atoms with van der Waals surface area (Å²) in [6.07, 6.45) is 16.1. The number of nitrogens with zero attached hydrogens (tertiary/aromatic N) is 12. The first-order valence-corrected chi connectivity index (χ1v) is 44.3. The highest BCUT2D eigenvalue weighted by Gasteiger charge is 2.31. The fourth-order valence-electron chi connectivity index (χ4n) is 13.0. The first-order valence-electron chi connectivity index (χ1n) is 37.3. The lowest BCUT2D eigenvalue weighted by molar-refractivity contribution is 0.303. The summed E-state index contributed by atoms with van der Waals surface area (Å²) in [5, 5.41) is 60.0. The van der Waals surface area contributed by atoms with E-state index in [1.165, 1.54) is 14.9 Å². The van der Waals surface area contributed by atoms with Crippen LogP contribution in [0.1, 0.15) is 114 Å². The molecule has 1 N–H and O–H groups in total. The molecule has 2 aliphatic heterocycles. The summed E-state index contributed by atoms with van der Waals surface area (Å²) in [6, 6.07) is 54.6. The number of rotatable bonds is 16. The van der Waals surface area contributed by atoms with Crippen molar-refractivity contribution in [1.29, 1.82) is 26.3 Å². The maximum atomic E-state index is 12.2. The van der Waals surface area contributed by atoms with Crippen LogP contribution in [0.15, 0.2) is 177 Å². The third kappa shape index (κ3) is 22.1. The third-order valence-corrected chi connectivity index (χ3v) is 23.2. The molecule has 2 saturated heterocycles. The quantitative estimate of drug-likeness (QED) is 0.0535. The second-order valence-corrected chi connectivity index (χ2v) is 38.0. The molecule has 592 valence electrons. The van der Waals surface area contributed by atoms with Crippen LogP contribution in [0.2, 0.25) is 0 Å². The average molecular weight is 1880 g/mol. The number of alkyl halides is 1. The monoisotopic (exact) mass is 1880 g/mol. The Morgan fingerprint density at radius 3 is 1.23 bits per heavy atom. The molecule has 12 aromatic rings. The summed E-state index contributed by atoms with van der Waals surface area (Å²) < 4.78 is 95.0. The zero-order chi connectivity index (χ0) is 82.4. The predicted molar refractivity (Wildman–Crippen MR) is 473 cm³/mol. The van der Waals surface area contributed by atoms with Crippen LogP contribution in [0, 0.1) is 60.2 Å². The normalized spacial score (nSPS) is 13.9. The number of phenols is 1. The molecule has 16 rings (SSSR count). The van der Waals surface area contributed by atoms with Gasteiger partial charge in [-0.2, -0.15) is 26.3 Å². The molecule has 0 spiro atoms. The molecule has 0 unspecified atom stereocenters. The molecule has 7 heterocycles. The molecule has 5 aromatic heterocycles. The van der Waals surface area contributed by atoms with Gasteiger partial charge in [0.2, 0.25) is 20.0 Å². The van der Waals surface area contributed by atoms with Crippen LogP contribution in [-0.2, 0) is 52.8 Å². The number of anilines is 2. The smallest absolute Gasteiger partial charge is 0.369 e. The summed E-state index contributed by atoms with van der Waals surface area (Å²) in [5.74, 6) is 4.01. The number of aromatic nitrogens is 5. The van der Waals surface area contributed by atoms with E-state index in [0.29, 0.717) is 67.1 Å². The van der Waals surface area contributed by atoms with Gasteiger partial charge in [0.25, 0.3) is 0 Å². The van der Waals surface area contributed by atoms with E-state index in [0.717, 1.165) is 167 Å². The second-order valence-electron chi connectivity index (χ2n) is 26.3. The Bertz CT molecular complexity index is 5820. The molecule has 2 aliphatic carbocycles. The Labute approximate surface area is 704 Å². The maximum absolute atomic E-state index is 12.2. The number of hydrogen-bond acceptors (Lipinski definition) is 14. The van der Waals surface area contributed by atoms with Gasteiger partial charge in [-0.25, -0.2) is 16.8 Å². The molecular formula is C85H88BBr3FIN12O9S2. The lowest BCUT2D eigenvalue weighted by Crippen LogP contribution is -2.24. The van der Waals surface area contributed by atoms with E-state index in [9.17, 15) is 31.6 Å². The molecule has 7 aromatic carbocycles. The number of methoxy groups -OCH3 is 1. The van der Waals surface area contributed by atoms with Gasteiger partial charge in [-0.1, -0.05) is 25.6 Å². The van der Waals surface area contributed by atoms with Gasteiger partial charge in [0.15, 0.2) is 0 Å². The predicted octanol–water partition coefficient (Wildman–Crippen LogP) is 20.5. The molecule has 0 bridgehead atoms. The van der Waals surface area contributed by atoms with Crippen molar-refractivity contribution < 1.29 is 45.3 Å². The molecule has 21 nitrogen and oxygen atoms in total. The van der Waals surface area contributed by atoms with E-state index in [1.54, 1.807) is 32.2 Å². The number of sulfonamides is 2. The molecule has 4 fully saturated rings. The lowest BCUT2D eigenvalue weighted by Gasteiger charge is -2.17. The van der Waals surface area contributed by atoms with Gasteiger partial charge in [0.1, 0.15) is 59.1 Å². The number of benzene rings is 7. The second kappa shape index (κ2) is 41.4. The van der Waals surface area contributed by atoms with E-state index >= 15 is 0 Å². The van der Waals surface area contributed by atoms with Crippen LogP contribution in [-0.4, -0.2) is 98.6 Å². The van der Waals surface area contributed by atoms with Crippen molar-refractivity contribution in [1.82, 2.24) is 22.8 Å². The van der Waals surface area contributed by atoms with Crippen LogP contribution >= 0.6 is 69.9 Å². The minimum atomic E-state index is -3.21. The highest BCUT2D eigenvalue weighted by atomic mass is 127. The van der Waals surface area contributed by atoms with Crippen molar-refractivity contribution in [3.8, 4) is 70.4 Å². The number of ether oxygens (including phenoxy) is 4. The standard InChI is InChI=1S/C23H23N3O3S.C14H14N2O.C13H12N2O.C12H12N2O.C11H10N2O.C9H10INO2S.C3H7F.BBr3/c1-2-25-22-14-19(29-18-8-9-18)10-11-20(22)21(15-24)23(25)16-4-6-17(7-5-16)26-12-3-13-30(26,27)28;1-2-16-9-10(8-15)13-6-5-12(7-14(13)16)17-11-3-4-11;1-3-15-9-10(8-14)12-6-5-11(16-4-2)7-13(12)15;1-3-14-8-9(7-13)11-5-4-10(15-2)6-12(11)14;1-2-13-7-8(6-12)10-4-3-9(14)5-11(10)13;10-8-2-4-9(5-3-8)11-6-1-7-14(11,12)13;1-2-3-4;2-1(3)4/h4-7,10-11,14,18H,2-3,8-9,12-13H2,1H3;5-7,9,11H,2-4H2,1H3;4-7,9H,2-3H2,1H3;4-6,8H,3H2,1-2H3;3-5,7,14H,2H2,1H3;2-5H,1,6-7H2;2-3H2,1H3;. The molecule has 2 saturated carbocycles. The number of nitriles is 5. The molecule has 4 aliphatic rings. The third-order valence-electron chi connectivity index (χ3n) is 18.8. The van der Waals surface area contributed by atoms with E-state index in [2.05, 4.69) is 141 Å². The number of fused-ring (bicyclic) bond motifs is 5. The summed E-state index contributed by atoms with van der Waals surface area (Å²) in [7, 11) is -4.59. The Morgan fingerprint density at radius 2 is 0.877 bits per heavy atom. The number of aromatic hydroxyl groups is 1. The zero-order valence-electron chi connectivity index (χ0n) is 64.4. The molecule has 0 radical (unpaired) electrons. The van der Waals surface area contributed by atoms with Crippen LogP contribution in [0.4, 0.5) is 15.8 Å². The summed E-state index contributed by atoms with van der Waals surface area (Å²) in [5.41, 5.74) is 11.7. The van der Waals surface area contributed by atoms with Crippen LogP contribution in [0.3, 0.4) is 0 Å². The molecular weight excluding hydrogens is 1790 g/mol. The summed E-state index contributed by atoms with van der Waals surface area (Å²) in [6.45, 7) is 20.6. The zero-order valence-corrected chi connectivity index (χ0v) is 73.0. The van der Waals surface area contributed by atoms with Crippen molar-refractivity contribution in [2.24, 2.45) is 0 Å². The molecule has 0 amide bonds. The van der Waals surface area contributed by atoms with Crippen LogP contribution < -0.4 is 27.6 Å². The van der Waals surface area contributed by atoms with E-state index in [1.807, 2.05) is 169 Å². The van der Waals surface area contributed by atoms with E-state index in [-0.39, 0.29) is 27.1 Å². The summed E-state index contributed by atoms with van der Waals surface area (Å²) in [4.78, 5) is 0. The number of phenolic OH excluding ortho intramolecular Hbond substituents is 1.